The lowest BCUT2D eigenvalue weighted by Crippen LogP contribution is -2.12. The van der Waals surface area contributed by atoms with E-state index in [9.17, 15) is 0 Å². The number of fused-ring (bicyclic) bond motifs is 9. The van der Waals surface area contributed by atoms with E-state index in [2.05, 4.69) is 217 Å². The van der Waals surface area contributed by atoms with Crippen molar-refractivity contribution < 1.29 is 0 Å². The highest BCUT2D eigenvalue weighted by Gasteiger charge is 2.28. The van der Waals surface area contributed by atoms with Crippen molar-refractivity contribution >= 4 is 70.1 Å². The van der Waals surface area contributed by atoms with Crippen LogP contribution in [0.25, 0.3) is 86.2 Å². The van der Waals surface area contributed by atoms with Gasteiger partial charge in [-0.25, -0.2) is 0 Å². The number of hydrogen-bond donors (Lipinski definition) is 0. The highest BCUT2D eigenvalue weighted by atomic mass is 32.1. The molecule has 59 heavy (non-hydrogen) atoms. The molecule has 0 N–H and O–H groups in total. The van der Waals surface area contributed by atoms with Crippen LogP contribution in [0.3, 0.4) is 0 Å². The van der Waals surface area contributed by atoms with Gasteiger partial charge in [0.25, 0.3) is 0 Å². The fraction of sp³-hybridized carbons (Fsp3) is 0.0175. The van der Waals surface area contributed by atoms with Crippen molar-refractivity contribution in [2.45, 2.75) is 6.42 Å². The molecule has 0 saturated carbocycles. The highest BCUT2D eigenvalue weighted by molar-refractivity contribution is 7.26. The van der Waals surface area contributed by atoms with Crippen LogP contribution in [0.4, 0.5) is 17.1 Å². The first-order chi connectivity index (χ1) is 29.2. The van der Waals surface area contributed by atoms with Crippen molar-refractivity contribution in [1.82, 2.24) is 0 Å². The van der Waals surface area contributed by atoms with Gasteiger partial charge in [0.05, 0.1) is 11.4 Å². The predicted molar refractivity (Wildman–Crippen MR) is 254 cm³/mol. The van der Waals surface area contributed by atoms with E-state index in [-0.39, 0.29) is 0 Å². The van der Waals surface area contributed by atoms with Crippen LogP contribution in [-0.4, -0.2) is 0 Å². The lowest BCUT2D eigenvalue weighted by atomic mass is 9.96. The Morgan fingerprint density at radius 2 is 1.02 bits per heavy atom. The molecule has 11 aromatic rings. The molecule has 1 aliphatic carbocycles. The van der Waals surface area contributed by atoms with E-state index in [0.29, 0.717) is 0 Å². The molecule has 0 saturated heterocycles. The van der Waals surface area contributed by atoms with Crippen LogP contribution >= 0.6 is 11.3 Å². The lowest BCUT2D eigenvalue weighted by molar-refractivity contribution is 1.25. The van der Waals surface area contributed by atoms with Gasteiger partial charge in [-0.15, -0.1) is 11.3 Å². The molecule has 0 amide bonds. The minimum atomic E-state index is 0.910. The first-order valence-corrected chi connectivity index (χ1v) is 21.2. The van der Waals surface area contributed by atoms with Gasteiger partial charge in [0.1, 0.15) is 0 Å². The van der Waals surface area contributed by atoms with E-state index in [1.165, 1.54) is 109 Å². The van der Waals surface area contributed by atoms with E-state index in [1.807, 2.05) is 11.3 Å². The fourth-order valence-corrected chi connectivity index (χ4v) is 10.7. The summed E-state index contributed by atoms with van der Waals surface area (Å²) in [5.41, 5.74) is 16.3. The largest absolute Gasteiger partial charge is 0.309 e. The summed E-state index contributed by atoms with van der Waals surface area (Å²) in [7, 11) is 0. The normalized spacial score (nSPS) is 12.0. The molecule has 1 nitrogen and oxygen atoms in total. The molecule has 276 valence electrons. The molecule has 10 aromatic carbocycles. The number of anilines is 3. The van der Waals surface area contributed by atoms with Crippen LogP contribution in [0.15, 0.2) is 212 Å². The quantitative estimate of drug-likeness (QED) is 0.152. The second-order valence-electron chi connectivity index (χ2n) is 15.6. The zero-order valence-electron chi connectivity index (χ0n) is 32.3. The monoisotopic (exact) mass is 767 g/mol. The summed E-state index contributed by atoms with van der Waals surface area (Å²) in [4.78, 5) is 2.53. The molecule has 0 atom stereocenters. The molecule has 1 aliphatic rings. The summed E-state index contributed by atoms with van der Waals surface area (Å²) in [6, 6.07) is 78.4. The van der Waals surface area contributed by atoms with Crippen LogP contribution in [0.5, 0.6) is 0 Å². The molecule has 12 rings (SSSR count). The van der Waals surface area contributed by atoms with E-state index in [4.69, 9.17) is 0 Å². The minimum Gasteiger partial charge on any atom is -0.309 e. The topological polar surface area (TPSA) is 3.24 Å². The summed E-state index contributed by atoms with van der Waals surface area (Å²) in [5, 5.41) is 7.68. The fourth-order valence-electron chi connectivity index (χ4n) is 9.48. The van der Waals surface area contributed by atoms with E-state index in [1.54, 1.807) is 0 Å². The van der Waals surface area contributed by atoms with Gasteiger partial charge in [-0.3, -0.25) is 0 Å². The number of thiophene rings is 1. The molecule has 2 heteroatoms. The number of benzene rings is 10. The molecule has 1 heterocycles. The molecule has 0 radical (unpaired) electrons. The maximum atomic E-state index is 2.53. The second kappa shape index (κ2) is 13.7. The third-order valence-electron chi connectivity index (χ3n) is 12.3. The van der Waals surface area contributed by atoms with E-state index < -0.39 is 0 Å². The number of hydrogen-bond acceptors (Lipinski definition) is 2. The zero-order valence-corrected chi connectivity index (χ0v) is 33.1. The standard InChI is InChI=1S/C57H37NS/c1-3-12-37(13-4-1)42-27-31-49-45(35-42)36-44-17-11-20-52(55(44)49)58(53-33-32-50(39-14-5-2-6-15-39)57-56(53)51-19-9-10-21-54(51)59-57)46-28-24-38(25-29-46)41-26-30-48-43(34-41)23-22-40-16-7-8-18-47(40)48/h1-35H,36H2. The van der Waals surface area contributed by atoms with Crippen molar-refractivity contribution in [1.29, 1.82) is 0 Å². The maximum absolute atomic E-state index is 2.53. The van der Waals surface area contributed by atoms with Gasteiger partial charge in [0.15, 0.2) is 0 Å². The van der Waals surface area contributed by atoms with Crippen molar-refractivity contribution in [3.63, 3.8) is 0 Å². The summed E-state index contributed by atoms with van der Waals surface area (Å²) >= 11 is 1.89. The Kier molecular flexibility index (Phi) is 7.86. The zero-order chi connectivity index (χ0) is 38.9. The second-order valence-corrected chi connectivity index (χ2v) is 16.7. The first-order valence-electron chi connectivity index (χ1n) is 20.4. The van der Waals surface area contributed by atoms with Crippen LogP contribution in [0, 0.1) is 0 Å². The SMILES string of the molecule is c1ccc(-c2ccc3c(c2)Cc2cccc(N(c4ccc(-c5ccc6c(ccc7ccccc76)c5)cc4)c4ccc(-c5ccccc5)c5sc6ccccc6c45)c2-3)cc1. The van der Waals surface area contributed by atoms with Gasteiger partial charge in [-0.1, -0.05) is 176 Å². The Morgan fingerprint density at radius 3 is 1.86 bits per heavy atom. The molecule has 0 spiro atoms. The average molecular weight is 768 g/mol. The lowest BCUT2D eigenvalue weighted by Gasteiger charge is -2.29. The maximum Gasteiger partial charge on any atom is 0.0555 e. The Balaban J connectivity index is 1.06. The Morgan fingerprint density at radius 1 is 0.373 bits per heavy atom. The van der Waals surface area contributed by atoms with Crippen molar-refractivity contribution in [3.05, 3.63) is 223 Å². The van der Waals surface area contributed by atoms with Crippen molar-refractivity contribution in [3.8, 4) is 44.5 Å². The van der Waals surface area contributed by atoms with E-state index >= 15 is 0 Å². The molecule has 0 fully saturated rings. The van der Waals surface area contributed by atoms with E-state index in [0.717, 1.165) is 12.1 Å². The third-order valence-corrected chi connectivity index (χ3v) is 13.5. The summed E-state index contributed by atoms with van der Waals surface area (Å²) in [6.45, 7) is 0. The average Bonchev–Trinajstić information content (AvgIpc) is 3.89. The van der Waals surface area contributed by atoms with Crippen LogP contribution < -0.4 is 4.90 Å². The van der Waals surface area contributed by atoms with Crippen molar-refractivity contribution in [2.24, 2.45) is 0 Å². The smallest absolute Gasteiger partial charge is 0.0555 e. The van der Waals surface area contributed by atoms with Crippen LogP contribution in [0.1, 0.15) is 11.1 Å². The first kappa shape index (κ1) is 33.8. The molecule has 1 aromatic heterocycles. The van der Waals surface area contributed by atoms with Crippen LogP contribution in [0.2, 0.25) is 0 Å². The molecular weight excluding hydrogens is 731 g/mol. The number of nitrogens with zero attached hydrogens (tertiary/aromatic N) is 1. The highest BCUT2D eigenvalue weighted by Crippen LogP contribution is 2.52. The number of rotatable bonds is 6. The van der Waals surface area contributed by atoms with Gasteiger partial charge in [0, 0.05) is 31.4 Å². The summed E-state index contributed by atoms with van der Waals surface area (Å²) in [6.07, 6.45) is 0.910. The van der Waals surface area contributed by atoms with Gasteiger partial charge in [-0.05, 0) is 114 Å². The third kappa shape index (κ3) is 5.60. The Labute approximate surface area is 347 Å². The van der Waals surface area contributed by atoms with Crippen molar-refractivity contribution in [2.75, 3.05) is 4.90 Å². The van der Waals surface area contributed by atoms with Gasteiger partial charge >= 0.3 is 0 Å². The van der Waals surface area contributed by atoms with Gasteiger partial charge in [0.2, 0.25) is 0 Å². The Hall–Kier alpha value is -7.26. The molecule has 0 unspecified atom stereocenters. The molecule has 0 bridgehead atoms. The summed E-state index contributed by atoms with van der Waals surface area (Å²) < 4.78 is 2.60. The van der Waals surface area contributed by atoms with Gasteiger partial charge < -0.3 is 4.90 Å². The Bertz CT molecular complexity index is 3400. The minimum absolute atomic E-state index is 0.910. The van der Waals surface area contributed by atoms with Crippen LogP contribution in [-0.2, 0) is 6.42 Å². The predicted octanol–water partition coefficient (Wildman–Crippen LogP) is 16.4. The summed E-state index contributed by atoms with van der Waals surface area (Å²) in [5.74, 6) is 0. The van der Waals surface area contributed by atoms with Gasteiger partial charge in [-0.2, -0.15) is 0 Å². The molecular formula is C57H37NS. The molecule has 0 aliphatic heterocycles.